The van der Waals surface area contributed by atoms with Crippen molar-refractivity contribution in [3.63, 3.8) is 0 Å². The molecule has 0 atom stereocenters. The van der Waals surface area contributed by atoms with E-state index in [4.69, 9.17) is 0 Å². The summed E-state index contributed by atoms with van der Waals surface area (Å²) in [4.78, 5) is 12.1. The second-order valence-electron chi connectivity index (χ2n) is 4.67. The summed E-state index contributed by atoms with van der Waals surface area (Å²) in [5.74, 6) is -0.00977. The number of nitrogens with zero attached hydrogens (tertiary/aromatic N) is 4. The lowest BCUT2D eigenvalue weighted by Gasteiger charge is -2.11. The quantitative estimate of drug-likeness (QED) is 0.821. The maximum absolute atomic E-state index is 12.1. The van der Waals surface area contributed by atoms with Gasteiger partial charge in [0.05, 0.1) is 24.0 Å². The van der Waals surface area contributed by atoms with Gasteiger partial charge in [0.25, 0.3) is 5.91 Å². The molecule has 5 heteroatoms. The standard InChI is InChI=1S/C14H14N4O/c1-10-4-3-5-12(6-10)18-14(19)7-13(16-18)11-8-15-17(2)9-11/h3-6,8-9H,7H2,1-2H3. The molecule has 1 aromatic carbocycles. The minimum Gasteiger partial charge on any atom is -0.275 e. The number of carbonyl (C=O) groups excluding carboxylic acids is 1. The number of amides is 1. The van der Waals surface area contributed by atoms with Gasteiger partial charge in [-0.3, -0.25) is 9.48 Å². The summed E-state index contributed by atoms with van der Waals surface area (Å²) in [6.45, 7) is 2.00. The van der Waals surface area contributed by atoms with E-state index < -0.39 is 0 Å². The van der Waals surface area contributed by atoms with Gasteiger partial charge in [-0.2, -0.15) is 10.2 Å². The van der Waals surface area contributed by atoms with Gasteiger partial charge in [-0.1, -0.05) is 12.1 Å². The summed E-state index contributed by atoms with van der Waals surface area (Å²) in [6.07, 6.45) is 3.91. The highest BCUT2D eigenvalue weighted by Crippen LogP contribution is 2.23. The van der Waals surface area contributed by atoms with E-state index in [-0.39, 0.29) is 5.91 Å². The first kappa shape index (κ1) is 11.6. The second kappa shape index (κ2) is 4.35. The zero-order valence-corrected chi connectivity index (χ0v) is 10.9. The van der Waals surface area contributed by atoms with Crippen LogP contribution in [-0.2, 0) is 11.8 Å². The molecule has 1 aromatic heterocycles. The average molecular weight is 254 g/mol. The van der Waals surface area contributed by atoms with Crippen molar-refractivity contribution >= 4 is 17.3 Å². The molecule has 0 unspecified atom stereocenters. The van der Waals surface area contributed by atoms with E-state index in [0.717, 1.165) is 22.5 Å². The molecule has 0 aliphatic carbocycles. The van der Waals surface area contributed by atoms with Crippen LogP contribution in [0.1, 0.15) is 17.5 Å². The average Bonchev–Trinajstić information content (AvgIpc) is 2.95. The number of aryl methyl sites for hydroxylation is 2. The van der Waals surface area contributed by atoms with E-state index in [2.05, 4.69) is 10.2 Å². The third-order valence-electron chi connectivity index (χ3n) is 3.06. The maximum atomic E-state index is 12.1. The molecule has 0 bridgehead atoms. The first-order valence-electron chi connectivity index (χ1n) is 6.09. The third-order valence-corrected chi connectivity index (χ3v) is 3.06. The summed E-state index contributed by atoms with van der Waals surface area (Å²) in [5.41, 5.74) is 3.57. The van der Waals surface area contributed by atoms with Crippen molar-refractivity contribution in [3.8, 4) is 0 Å². The van der Waals surface area contributed by atoms with Gasteiger partial charge in [0.15, 0.2) is 0 Å². The fourth-order valence-corrected chi connectivity index (χ4v) is 2.12. The van der Waals surface area contributed by atoms with Crippen molar-refractivity contribution in [2.45, 2.75) is 13.3 Å². The Balaban J connectivity index is 1.95. The van der Waals surface area contributed by atoms with E-state index in [1.54, 1.807) is 10.9 Å². The van der Waals surface area contributed by atoms with Gasteiger partial charge in [0, 0.05) is 18.8 Å². The molecule has 19 heavy (non-hydrogen) atoms. The van der Waals surface area contributed by atoms with E-state index in [1.807, 2.05) is 44.4 Å². The van der Waals surface area contributed by atoms with E-state index in [1.165, 1.54) is 5.01 Å². The fourth-order valence-electron chi connectivity index (χ4n) is 2.12. The summed E-state index contributed by atoms with van der Waals surface area (Å²) < 4.78 is 1.71. The van der Waals surface area contributed by atoms with E-state index in [9.17, 15) is 4.79 Å². The van der Waals surface area contributed by atoms with Crippen LogP contribution < -0.4 is 5.01 Å². The molecule has 2 heterocycles. The number of rotatable bonds is 2. The Morgan fingerprint density at radius 3 is 2.84 bits per heavy atom. The summed E-state index contributed by atoms with van der Waals surface area (Å²) in [6, 6.07) is 7.76. The summed E-state index contributed by atoms with van der Waals surface area (Å²) in [7, 11) is 1.85. The zero-order valence-electron chi connectivity index (χ0n) is 10.9. The fraction of sp³-hybridized carbons (Fsp3) is 0.214. The molecular formula is C14H14N4O. The Morgan fingerprint density at radius 1 is 1.32 bits per heavy atom. The molecule has 5 nitrogen and oxygen atoms in total. The molecule has 1 aliphatic heterocycles. The molecule has 96 valence electrons. The van der Waals surface area contributed by atoms with Gasteiger partial charge >= 0.3 is 0 Å². The van der Waals surface area contributed by atoms with Gasteiger partial charge < -0.3 is 0 Å². The van der Waals surface area contributed by atoms with Gasteiger partial charge in [0.2, 0.25) is 0 Å². The number of anilines is 1. The van der Waals surface area contributed by atoms with Crippen molar-refractivity contribution < 1.29 is 4.79 Å². The van der Waals surface area contributed by atoms with Crippen molar-refractivity contribution in [2.24, 2.45) is 12.1 Å². The highest BCUT2D eigenvalue weighted by molar-refractivity contribution is 6.19. The minimum atomic E-state index is -0.00977. The molecule has 2 aromatic rings. The number of benzene rings is 1. The highest BCUT2D eigenvalue weighted by Gasteiger charge is 2.26. The van der Waals surface area contributed by atoms with Crippen LogP contribution in [0.2, 0.25) is 0 Å². The smallest absolute Gasteiger partial charge is 0.253 e. The number of hydrazone groups is 1. The van der Waals surface area contributed by atoms with Crippen molar-refractivity contribution in [3.05, 3.63) is 47.8 Å². The zero-order chi connectivity index (χ0) is 13.4. The van der Waals surface area contributed by atoms with Gasteiger partial charge in [-0.05, 0) is 24.6 Å². The Morgan fingerprint density at radius 2 is 2.16 bits per heavy atom. The molecule has 0 N–H and O–H groups in total. The first-order chi connectivity index (χ1) is 9.13. The lowest BCUT2D eigenvalue weighted by Crippen LogP contribution is -2.19. The Kier molecular flexibility index (Phi) is 2.67. The summed E-state index contributed by atoms with van der Waals surface area (Å²) in [5, 5.41) is 9.98. The monoisotopic (exact) mass is 254 g/mol. The molecule has 1 amide bonds. The number of aromatic nitrogens is 2. The molecule has 0 fully saturated rings. The first-order valence-corrected chi connectivity index (χ1v) is 6.09. The predicted octanol–water partition coefficient (Wildman–Crippen LogP) is 1.87. The molecule has 0 saturated carbocycles. The Bertz CT molecular complexity index is 672. The second-order valence-corrected chi connectivity index (χ2v) is 4.67. The van der Waals surface area contributed by atoms with Crippen LogP contribution in [0.4, 0.5) is 5.69 Å². The topological polar surface area (TPSA) is 50.5 Å². The third kappa shape index (κ3) is 2.14. The molecule has 1 aliphatic rings. The van der Waals surface area contributed by atoms with Crippen LogP contribution in [0.25, 0.3) is 0 Å². The highest BCUT2D eigenvalue weighted by atomic mass is 16.2. The van der Waals surface area contributed by atoms with Crippen molar-refractivity contribution in [1.29, 1.82) is 0 Å². The van der Waals surface area contributed by atoms with Crippen LogP contribution in [0, 0.1) is 6.92 Å². The van der Waals surface area contributed by atoms with Crippen LogP contribution in [0.5, 0.6) is 0 Å². The van der Waals surface area contributed by atoms with Gasteiger partial charge in [-0.25, -0.2) is 5.01 Å². The largest absolute Gasteiger partial charge is 0.275 e. The lowest BCUT2D eigenvalue weighted by molar-refractivity contribution is -0.116. The maximum Gasteiger partial charge on any atom is 0.253 e. The molecule has 0 spiro atoms. The van der Waals surface area contributed by atoms with E-state index >= 15 is 0 Å². The summed E-state index contributed by atoms with van der Waals surface area (Å²) >= 11 is 0. The molecule has 0 saturated heterocycles. The molecule has 3 rings (SSSR count). The number of hydrogen-bond acceptors (Lipinski definition) is 3. The van der Waals surface area contributed by atoms with Crippen LogP contribution in [-0.4, -0.2) is 21.4 Å². The van der Waals surface area contributed by atoms with Crippen LogP contribution >= 0.6 is 0 Å². The predicted molar refractivity (Wildman–Crippen MR) is 73.0 cm³/mol. The molecule has 0 radical (unpaired) electrons. The lowest BCUT2D eigenvalue weighted by atomic mass is 10.1. The van der Waals surface area contributed by atoms with Crippen molar-refractivity contribution in [1.82, 2.24) is 9.78 Å². The minimum absolute atomic E-state index is 0.00977. The number of hydrogen-bond donors (Lipinski definition) is 0. The van der Waals surface area contributed by atoms with E-state index in [0.29, 0.717) is 6.42 Å². The van der Waals surface area contributed by atoms with Gasteiger partial charge in [0.1, 0.15) is 0 Å². The Labute approximate surface area is 111 Å². The number of carbonyl (C=O) groups is 1. The van der Waals surface area contributed by atoms with Crippen LogP contribution in [0.15, 0.2) is 41.8 Å². The normalized spacial score (nSPS) is 14.9. The van der Waals surface area contributed by atoms with Crippen LogP contribution in [0.3, 0.4) is 0 Å². The van der Waals surface area contributed by atoms with Gasteiger partial charge in [-0.15, -0.1) is 0 Å². The SMILES string of the molecule is Cc1cccc(N2N=C(c3cnn(C)c3)CC2=O)c1. The Hall–Kier alpha value is -2.43. The van der Waals surface area contributed by atoms with Crippen molar-refractivity contribution in [2.75, 3.05) is 5.01 Å². The molecular weight excluding hydrogens is 240 g/mol.